The van der Waals surface area contributed by atoms with Crippen LogP contribution >= 0.6 is 0 Å². The molecule has 1 aromatic heterocycles. The van der Waals surface area contributed by atoms with E-state index in [4.69, 9.17) is 4.74 Å². The number of methoxy groups -OCH3 is 1. The smallest absolute Gasteiger partial charge is 0.438 e. The van der Waals surface area contributed by atoms with Crippen molar-refractivity contribution in [1.82, 2.24) is 9.97 Å². The molecule has 0 saturated heterocycles. The average Bonchev–Trinajstić information content (AvgIpc) is 3.17. The maximum atomic E-state index is 14.0. The summed E-state index contributed by atoms with van der Waals surface area (Å²) in [6, 6.07) is 12.7. The summed E-state index contributed by atoms with van der Waals surface area (Å²) in [6.07, 6.45) is -11.3. The summed E-state index contributed by atoms with van der Waals surface area (Å²) in [4.78, 5) is 7.22. The number of alkyl halides is 6. The summed E-state index contributed by atoms with van der Waals surface area (Å²) >= 11 is 0. The molecule has 2 heterocycles. The molecule has 3 aromatic rings. The lowest BCUT2D eigenvalue weighted by Gasteiger charge is -2.32. The van der Waals surface area contributed by atoms with Gasteiger partial charge in [0.1, 0.15) is 5.75 Å². The van der Waals surface area contributed by atoms with E-state index in [-0.39, 0.29) is 27.5 Å². The van der Waals surface area contributed by atoms with Crippen LogP contribution in [0.2, 0.25) is 0 Å². The lowest BCUT2D eigenvalue weighted by atomic mass is 10.0. The molecule has 2 aromatic carbocycles. The maximum absolute atomic E-state index is 14.0. The van der Waals surface area contributed by atoms with Gasteiger partial charge < -0.3 is 9.84 Å². The number of aliphatic hydroxyl groups is 1. The molecule has 12 heteroatoms. The summed E-state index contributed by atoms with van der Waals surface area (Å²) in [5.41, 5.74) is -4.44. The Kier molecular flexibility index (Phi) is 5.95. The largest absolute Gasteiger partial charge is 0.497 e. The Labute approximate surface area is 195 Å². The van der Waals surface area contributed by atoms with E-state index in [1.807, 2.05) is 0 Å². The molecule has 0 spiro atoms. The third kappa shape index (κ3) is 4.65. The van der Waals surface area contributed by atoms with Gasteiger partial charge in [0.15, 0.2) is 5.69 Å². The maximum Gasteiger partial charge on any atom is 0.438 e. The van der Waals surface area contributed by atoms with Crippen molar-refractivity contribution in [3.8, 4) is 17.0 Å². The molecule has 0 radical (unpaired) electrons. The summed E-state index contributed by atoms with van der Waals surface area (Å²) in [5, 5.41) is 14.5. The van der Waals surface area contributed by atoms with Gasteiger partial charge in [0.05, 0.1) is 24.9 Å². The molecule has 4 rings (SSSR count). The minimum atomic E-state index is -5.29. The molecule has 1 N–H and O–H groups in total. The van der Waals surface area contributed by atoms with Gasteiger partial charge in [0.25, 0.3) is 5.72 Å². The van der Waals surface area contributed by atoms with Gasteiger partial charge in [-0.25, -0.2) is 9.97 Å². The second kappa shape index (κ2) is 8.52. The molecule has 1 aliphatic rings. The molecule has 0 fully saturated rings. The predicted octanol–water partition coefficient (Wildman–Crippen LogP) is 5.34. The molecule has 0 unspecified atom stereocenters. The predicted molar refractivity (Wildman–Crippen MR) is 115 cm³/mol. The fourth-order valence-electron chi connectivity index (χ4n) is 3.49. The highest BCUT2D eigenvalue weighted by Gasteiger charge is 2.63. The van der Waals surface area contributed by atoms with Gasteiger partial charge in [0, 0.05) is 5.56 Å². The van der Waals surface area contributed by atoms with E-state index in [0.717, 1.165) is 5.56 Å². The molecule has 0 amide bonds. The van der Waals surface area contributed by atoms with Crippen LogP contribution in [0.3, 0.4) is 0 Å². The zero-order chi connectivity index (χ0) is 25.6. The van der Waals surface area contributed by atoms with Crippen molar-refractivity contribution in [2.24, 2.45) is 5.10 Å². The molecule has 0 aliphatic carbocycles. The highest BCUT2D eigenvalue weighted by atomic mass is 19.4. The first kappa shape index (κ1) is 24.5. The monoisotopic (exact) mass is 496 g/mol. The van der Waals surface area contributed by atoms with Crippen molar-refractivity contribution < 1.29 is 36.2 Å². The standard InChI is InChI=1S/C23H18F6N4O2/c1-13-6-8-14(9-7-13)18-12-21(34,23(27,28)29)33(32-18)20-30-17(11-19(31-20)22(24,25)26)15-4-3-5-16(10-15)35-2/h3-11,34H,12H2,1-2H3/t21-/m0/s1. The fraction of sp³-hybridized carbons (Fsp3) is 0.261. The van der Waals surface area contributed by atoms with E-state index >= 15 is 0 Å². The fourth-order valence-corrected chi connectivity index (χ4v) is 3.49. The number of hydrazone groups is 1. The van der Waals surface area contributed by atoms with Gasteiger partial charge in [-0.15, -0.1) is 0 Å². The number of hydrogen-bond donors (Lipinski definition) is 1. The molecule has 184 valence electrons. The molecule has 6 nitrogen and oxygen atoms in total. The first-order valence-electron chi connectivity index (χ1n) is 10.2. The second-order valence-corrected chi connectivity index (χ2v) is 7.88. The Morgan fingerprint density at radius 1 is 0.943 bits per heavy atom. The molecule has 0 bridgehead atoms. The van der Waals surface area contributed by atoms with Gasteiger partial charge in [0.2, 0.25) is 5.95 Å². The number of hydrogen-bond acceptors (Lipinski definition) is 6. The molecule has 1 aliphatic heterocycles. The second-order valence-electron chi connectivity index (χ2n) is 7.88. The van der Waals surface area contributed by atoms with Crippen LogP contribution in [0.1, 0.15) is 23.2 Å². The van der Waals surface area contributed by atoms with Crippen LogP contribution in [0.4, 0.5) is 32.3 Å². The van der Waals surface area contributed by atoms with Crippen molar-refractivity contribution in [2.75, 3.05) is 12.1 Å². The van der Waals surface area contributed by atoms with Crippen molar-refractivity contribution in [3.63, 3.8) is 0 Å². The third-order valence-corrected chi connectivity index (χ3v) is 5.38. The van der Waals surface area contributed by atoms with E-state index in [1.165, 1.54) is 43.5 Å². The van der Waals surface area contributed by atoms with Crippen LogP contribution in [0, 0.1) is 6.92 Å². The number of rotatable bonds is 4. The van der Waals surface area contributed by atoms with Gasteiger partial charge in [-0.05, 0) is 30.7 Å². The molecule has 0 saturated carbocycles. The van der Waals surface area contributed by atoms with Crippen LogP contribution in [-0.4, -0.2) is 39.8 Å². The van der Waals surface area contributed by atoms with E-state index in [2.05, 4.69) is 15.1 Å². The van der Waals surface area contributed by atoms with Gasteiger partial charge >= 0.3 is 12.4 Å². The number of nitrogens with zero attached hydrogens (tertiary/aromatic N) is 4. The number of aryl methyl sites for hydroxylation is 1. The van der Waals surface area contributed by atoms with Gasteiger partial charge in [-0.3, -0.25) is 0 Å². The summed E-state index contributed by atoms with van der Waals surface area (Å²) in [6.45, 7) is 1.77. The zero-order valence-corrected chi connectivity index (χ0v) is 18.3. The van der Waals surface area contributed by atoms with E-state index in [1.54, 1.807) is 19.1 Å². The number of halogens is 6. The first-order valence-corrected chi connectivity index (χ1v) is 10.2. The van der Waals surface area contributed by atoms with Crippen molar-refractivity contribution in [2.45, 2.75) is 31.4 Å². The number of anilines is 1. The minimum absolute atomic E-state index is 0.00109. The van der Waals surface area contributed by atoms with E-state index in [0.29, 0.717) is 11.8 Å². The number of benzene rings is 2. The van der Waals surface area contributed by atoms with E-state index < -0.39 is 36.1 Å². The Bertz CT molecular complexity index is 1270. The molecular weight excluding hydrogens is 478 g/mol. The third-order valence-electron chi connectivity index (χ3n) is 5.38. The Hall–Kier alpha value is -3.67. The SMILES string of the molecule is COc1cccc(-c2cc(C(F)(F)F)nc(N3N=C(c4ccc(C)cc4)C[C@]3(O)C(F)(F)F)n2)c1. The van der Waals surface area contributed by atoms with Gasteiger partial charge in [-0.1, -0.05) is 42.0 Å². The van der Waals surface area contributed by atoms with Crippen LogP contribution < -0.4 is 9.75 Å². The number of aromatic nitrogens is 2. The molecule has 1 atom stereocenters. The Balaban J connectivity index is 1.91. The average molecular weight is 496 g/mol. The van der Waals surface area contributed by atoms with Crippen LogP contribution in [0.15, 0.2) is 59.7 Å². The van der Waals surface area contributed by atoms with Crippen LogP contribution in [0.25, 0.3) is 11.3 Å². The summed E-state index contributed by atoms with van der Waals surface area (Å²) in [5.74, 6) is -0.761. The normalized spacial score (nSPS) is 18.5. The zero-order valence-electron chi connectivity index (χ0n) is 18.3. The van der Waals surface area contributed by atoms with Crippen molar-refractivity contribution in [1.29, 1.82) is 0 Å². The lowest BCUT2D eigenvalue weighted by molar-refractivity contribution is -0.254. The summed E-state index contributed by atoms with van der Waals surface area (Å²) in [7, 11) is 1.35. The van der Waals surface area contributed by atoms with Crippen LogP contribution in [0.5, 0.6) is 5.75 Å². The highest BCUT2D eigenvalue weighted by molar-refractivity contribution is 6.03. The Morgan fingerprint density at radius 2 is 1.63 bits per heavy atom. The van der Waals surface area contributed by atoms with Crippen molar-refractivity contribution >= 4 is 11.7 Å². The Morgan fingerprint density at radius 3 is 2.23 bits per heavy atom. The van der Waals surface area contributed by atoms with E-state index in [9.17, 15) is 31.4 Å². The molecular formula is C23H18F6N4O2. The van der Waals surface area contributed by atoms with Crippen LogP contribution in [-0.2, 0) is 6.18 Å². The highest BCUT2D eigenvalue weighted by Crippen LogP contribution is 2.44. The van der Waals surface area contributed by atoms with Gasteiger partial charge in [-0.2, -0.15) is 36.5 Å². The van der Waals surface area contributed by atoms with Crippen molar-refractivity contribution in [3.05, 3.63) is 71.4 Å². The quantitative estimate of drug-likeness (QED) is 0.494. The summed E-state index contributed by atoms with van der Waals surface area (Å²) < 4.78 is 88.1. The topological polar surface area (TPSA) is 70.8 Å². The minimum Gasteiger partial charge on any atom is -0.497 e. The lowest BCUT2D eigenvalue weighted by Crippen LogP contribution is -2.55. The first-order chi connectivity index (χ1) is 16.3. The molecule has 35 heavy (non-hydrogen) atoms. The number of ether oxygens (including phenoxy) is 1.